The van der Waals surface area contributed by atoms with Crippen molar-refractivity contribution in [2.75, 3.05) is 6.54 Å². The van der Waals surface area contributed by atoms with E-state index in [1.54, 1.807) is 18.2 Å². The van der Waals surface area contributed by atoms with E-state index < -0.39 is 0 Å². The molecule has 1 aromatic rings. The monoisotopic (exact) mass is 247 g/mol. The van der Waals surface area contributed by atoms with Crippen LogP contribution in [0.4, 0.5) is 0 Å². The molecule has 0 aliphatic rings. The highest BCUT2D eigenvalue weighted by Gasteiger charge is 2.05. The van der Waals surface area contributed by atoms with Crippen LogP contribution < -0.4 is 5.32 Å². The zero-order valence-corrected chi connectivity index (χ0v) is 10.9. The number of aromatic hydroxyl groups is 1. The fraction of sp³-hybridized carbons (Fsp3) is 0.400. The van der Waals surface area contributed by atoms with Crippen LogP contribution in [0.3, 0.4) is 0 Å². The first kappa shape index (κ1) is 14.3. The third-order valence-electron chi connectivity index (χ3n) is 2.73. The Morgan fingerprint density at radius 1 is 1.50 bits per heavy atom. The van der Waals surface area contributed by atoms with Crippen molar-refractivity contribution < 1.29 is 9.90 Å². The molecule has 0 radical (unpaired) electrons. The summed E-state index contributed by atoms with van der Waals surface area (Å²) in [5.74, 6) is 0.281. The van der Waals surface area contributed by atoms with Gasteiger partial charge in [-0.1, -0.05) is 31.6 Å². The lowest BCUT2D eigenvalue weighted by Crippen LogP contribution is -2.25. The molecular formula is C15H21NO2. The number of carbonyl (C=O) groups excluding carboxylic acids is 1. The molecule has 1 aromatic carbocycles. The summed E-state index contributed by atoms with van der Waals surface area (Å²) in [6, 6.07) is 5.27. The Morgan fingerprint density at radius 3 is 2.94 bits per heavy atom. The first-order chi connectivity index (χ1) is 8.67. The lowest BCUT2D eigenvalue weighted by atomic mass is 10.0. The van der Waals surface area contributed by atoms with E-state index in [9.17, 15) is 9.90 Å². The highest BCUT2D eigenvalue weighted by Crippen LogP contribution is 2.19. The number of carbonyl (C=O) groups is 1. The van der Waals surface area contributed by atoms with Crippen molar-refractivity contribution >= 4 is 5.91 Å². The summed E-state index contributed by atoms with van der Waals surface area (Å²) in [5.41, 5.74) is 1.72. The topological polar surface area (TPSA) is 49.3 Å². The predicted molar refractivity (Wildman–Crippen MR) is 73.6 cm³/mol. The molecule has 18 heavy (non-hydrogen) atoms. The van der Waals surface area contributed by atoms with E-state index in [4.69, 9.17) is 0 Å². The largest absolute Gasteiger partial charge is 0.508 e. The van der Waals surface area contributed by atoms with E-state index in [0.29, 0.717) is 12.8 Å². The van der Waals surface area contributed by atoms with E-state index in [1.165, 1.54) is 0 Å². The number of unbranched alkanes of at least 4 members (excludes halogenated alkanes) is 1. The summed E-state index contributed by atoms with van der Waals surface area (Å²) in [5, 5.41) is 12.5. The van der Waals surface area contributed by atoms with Gasteiger partial charge in [-0.05, 0) is 30.0 Å². The van der Waals surface area contributed by atoms with Crippen LogP contribution >= 0.6 is 0 Å². The minimum atomic E-state index is 0.0266. The quantitative estimate of drug-likeness (QED) is 0.574. The minimum Gasteiger partial charge on any atom is -0.508 e. The number of phenols is 1. The summed E-state index contributed by atoms with van der Waals surface area (Å²) in [7, 11) is 0. The highest BCUT2D eigenvalue weighted by atomic mass is 16.3. The summed E-state index contributed by atoms with van der Waals surface area (Å²) >= 11 is 0. The van der Waals surface area contributed by atoms with Gasteiger partial charge >= 0.3 is 0 Å². The van der Waals surface area contributed by atoms with Gasteiger partial charge in [0.15, 0.2) is 0 Å². The second-order valence-electron chi connectivity index (χ2n) is 4.34. The third-order valence-corrected chi connectivity index (χ3v) is 2.73. The lowest BCUT2D eigenvalue weighted by molar-refractivity contribution is -0.120. The van der Waals surface area contributed by atoms with Gasteiger partial charge in [0.2, 0.25) is 5.91 Å². The number of hydrogen-bond donors (Lipinski definition) is 2. The second kappa shape index (κ2) is 7.54. The first-order valence-electron chi connectivity index (χ1n) is 6.35. The Kier molecular flexibility index (Phi) is 5.98. The number of rotatable bonds is 7. The van der Waals surface area contributed by atoms with Gasteiger partial charge in [0, 0.05) is 6.54 Å². The number of nitrogens with one attached hydrogen (secondary N) is 1. The molecular weight excluding hydrogens is 226 g/mol. The Bertz CT molecular complexity index is 413. The van der Waals surface area contributed by atoms with Crippen LogP contribution in [0, 0.1) is 0 Å². The van der Waals surface area contributed by atoms with Crippen LogP contribution in [0.15, 0.2) is 30.9 Å². The van der Waals surface area contributed by atoms with E-state index in [2.05, 4.69) is 18.8 Å². The molecule has 1 amide bonds. The Balaban J connectivity index is 2.58. The maximum absolute atomic E-state index is 11.6. The van der Waals surface area contributed by atoms with Crippen LogP contribution in [-0.2, 0) is 17.6 Å². The molecule has 0 heterocycles. The fourth-order valence-electron chi connectivity index (χ4n) is 1.72. The van der Waals surface area contributed by atoms with Crippen molar-refractivity contribution in [3.8, 4) is 5.75 Å². The van der Waals surface area contributed by atoms with Gasteiger partial charge in [-0.25, -0.2) is 0 Å². The summed E-state index contributed by atoms with van der Waals surface area (Å²) in [6.07, 6.45) is 4.78. The lowest BCUT2D eigenvalue weighted by Gasteiger charge is -2.07. The average Bonchev–Trinajstić information content (AvgIpc) is 2.34. The van der Waals surface area contributed by atoms with Crippen LogP contribution in [0.25, 0.3) is 0 Å². The molecule has 0 bridgehead atoms. The van der Waals surface area contributed by atoms with Crippen LogP contribution in [0.5, 0.6) is 5.75 Å². The molecule has 0 aromatic heterocycles. The molecule has 0 fully saturated rings. The first-order valence-corrected chi connectivity index (χ1v) is 6.35. The van der Waals surface area contributed by atoms with Gasteiger partial charge in [0.05, 0.1) is 6.42 Å². The fourth-order valence-corrected chi connectivity index (χ4v) is 1.72. The number of phenolic OH excluding ortho intramolecular Hbond substituents is 1. The molecule has 0 atom stereocenters. The second-order valence-corrected chi connectivity index (χ2v) is 4.34. The molecule has 3 heteroatoms. The zero-order chi connectivity index (χ0) is 13.4. The van der Waals surface area contributed by atoms with Crippen molar-refractivity contribution in [3.63, 3.8) is 0 Å². The summed E-state index contributed by atoms with van der Waals surface area (Å²) in [4.78, 5) is 11.6. The number of allylic oxidation sites excluding steroid dienone is 1. The molecule has 1 rings (SSSR count). The van der Waals surface area contributed by atoms with E-state index in [0.717, 1.165) is 30.5 Å². The highest BCUT2D eigenvalue weighted by molar-refractivity contribution is 5.78. The van der Waals surface area contributed by atoms with Crippen LogP contribution in [0.2, 0.25) is 0 Å². The van der Waals surface area contributed by atoms with Crippen molar-refractivity contribution in [2.45, 2.75) is 32.6 Å². The summed E-state index contributed by atoms with van der Waals surface area (Å²) in [6.45, 7) is 6.47. The molecule has 2 N–H and O–H groups in total. The number of amides is 1. The van der Waals surface area contributed by atoms with Crippen molar-refractivity contribution in [1.82, 2.24) is 5.32 Å². The van der Waals surface area contributed by atoms with E-state index >= 15 is 0 Å². The van der Waals surface area contributed by atoms with Crippen molar-refractivity contribution in [3.05, 3.63) is 42.0 Å². The third kappa shape index (κ3) is 4.62. The molecule has 98 valence electrons. The Labute approximate surface area is 109 Å². The van der Waals surface area contributed by atoms with Gasteiger partial charge in [-0.2, -0.15) is 0 Å². The molecule has 0 spiro atoms. The van der Waals surface area contributed by atoms with Crippen molar-refractivity contribution in [2.24, 2.45) is 0 Å². The SMILES string of the molecule is C=CCc1cc(CC(=O)NCCCC)ccc1O. The molecule has 0 unspecified atom stereocenters. The van der Waals surface area contributed by atoms with Gasteiger partial charge in [0.1, 0.15) is 5.75 Å². The van der Waals surface area contributed by atoms with E-state index in [1.807, 2.05) is 6.07 Å². The maximum Gasteiger partial charge on any atom is 0.224 e. The minimum absolute atomic E-state index is 0.0266. The Morgan fingerprint density at radius 2 is 2.28 bits per heavy atom. The Hall–Kier alpha value is -1.77. The number of hydrogen-bond acceptors (Lipinski definition) is 2. The summed E-state index contributed by atoms with van der Waals surface area (Å²) < 4.78 is 0. The molecule has 0 aliphatic carbocycles. The molecule has 0 aliphatic heterocycles. The standard InChI is InChI=1S/C15H21NO2/c1-3-5-9-16-15(18)11-12-7-8-14(17)13(10-12)6-4-2/h4,7-8,10,17H,2-3,5-6,9,11H2,1H3,(H,16,18). The van der Waals surface area contributed by atoms with E-state index in [-0.39, 0.29) is 11.7 Å². The zero-order valence-electron chi connectivity index (χ0n) is 10.9. The molecule has 0 saturated carbocycles. The van der Waals surface area contributed by atoms with Crippen molar-refractivity contribution in [1.29, 1.82) is 0 Å². The normalized spacial score (nSPS) is 10.1. The average molecular weight is 247 g/mol. The smallest absolute Gasteiger partial charge is 0.224 e. The van der Waals surface area contributed by atoms with Gasteiger partial charge in [-0.15, -0.1) is 6.58 Å². The van der Waals surface area contributed by atoms with Gasteiger partial charge in [-0.3, -0.25) is 4.79 Å². The predicted octanol–water partition coefficient (Wildman–Crippen LogP) is 2.58. The molecule has 3 nitrogen and oxygen atoms in total. The maximum atomic E-state index is 11.6. The van der Waals surface area contributed by atoms with Gasteiger partial charge < -0.3 is 10.4 Å². The van der Waals surface area contributed by atoms with Gasteiger partial charge in [0.25, 0.3) is 0 Å². The van der Waals surface area contributed by atoms with Crippen LogP contribution in [-0.4, -0.2) is 17.6 Å². The number of benzene rings is 1. The molecule has 0 saturated heterocycles. The van der Waals surface area contributed by atoms with Crippen LogP contribution in [0.1, 0.15) is 30.9 Å².